The van der Waals surface area contributed by atoms with Gasteiger partial charge in [0.15, 0.2) is 11.5 Å². The highest BCUT2D eigenvalue weighted by atomic mass is 16.4. The van der Waals surface area contributed by atoms with Gasteiger partial charge in [-0.05, 0) is 25.7 Å². The molecule has 0 spiro atoms. The van der Waals surface area contributed by atoms with Gasteiger partial charge in [0.1, 0.15) is 5.58 Å². The van der Waals surface area contributed by atoms with E-state index in [2.05, 4.69) is 0 Å². The van der Waals surface area contributed by atoms with Crippen molar-refractivity contribution in [3.05, 3.63) is 34.2 Å². The molecule has 0 saturated heterocycles. The lowest BCUT2D eigenvalue weighted by Crippen LogP contribution is -2.13. The maximum Gasteiger partial charge on any atom is 0.336 e. The average molecular weight is 235 g/mol. The molecule has 0 unspecified atom stereocenters. The highest BCUT2D eigenvalue weighted by molar-refractivity contribution is 5.83. The summed E-state index contributed by atoms with van der Waals surface area (Å²) in [6.45, 7) is 0.548. The Kier molecular flexibility index (Phi) is 2.77. The van der Waals surface area contributed by atoms with Crippen LogP contribution in [0.1, 0.15) is 5.56 Å². The molecule has 0 atom stereocenters. The van der Waals surface area contributed by atoms with E-state index in [4.69, 9.17) is 4.42 Å². The van der Waals surface area contributed by atoms with Crippen LogP contribution in [-0.4, -0.2) is 29.2 Å². The minimum atomic E-state index is -0.473. The molecule has 0 bridgehead atoms. The van der Waals surface area contributed by atoms with E-state index in [1.54, 1.807) is 0 Å². The van der Waals surface area contributed by atoms with Crippen molar-refractivity contribution in [3.8, 4) is 11.5 Å². The van der Waals surface area contributed by atoms with Crippen molar-refractivity contribution < 1.29 is 14.6 Å². The van der Waals surface area contributed by atoms with Crippen molar-refractivity contribution in [1.29, 1.82) is 0 Å². The summed E-state index contributed by atoms with van der Waals surface area (Å²) in [5.41, 5.74) is 0.542. The Balaban J connectivity index is 2.73. The second kappa shape index (κ2) is 4.10. The van der Waals surface area contributed by atoms with Gasteiger partial charge in [0.25, 0.3) is 0 Å². The Morgan fingerprint density at radius 1 is 1.18 bits per heavy atom. The molecule has 0 aliphatic heterocycles. The van der Waals surface area contributed by atoms with Crippen LogP contribution in [0.2, 0.25) is 0 Å². The fourth-order valence-electron chi connectivity index (χ4n) is 1.72. The largest absolute Gasteiger partial charge is 0.504 e. The second-order valence-corrected chi connectivity index (χ2v) is 4.17. The fourth-order valence-corrected chi connectivity index (χ4v) is 1.72. The SMILES string of the molecule is CN(C)Cc1cc(=O)oc2cc(O)c(O)cc12. The maximum atomic E-state index is 11.4. The first kappa shape index (κ1) is 11.5. The van der Waals surface area contributed by atoms with E-state index in [1.807, 2.05) is 19.0 Å². The molecule has 0 saturated carbocycles. The van der Waals surface area contributed by atoms with Gasteiger partial charge in [-0.1, -0.05) is 0 Å². The van der Waals surface area contributed by atoms with Crippen LogP contribution in [0.15, 0.2) is 27.4 Å². The van der Waals surface area contributed by atoms with Crippen molar-refractivity contribution in [1.82, 2.24) is 4.90 Å². The summed E-state index contributed by atoms with van der Waals surface area (Å²) in [6, 6.07) is 4.02. The highest BCUT2D eigenvalue weighted by Gasteiger charge is 2.10. The van der Waals surface area contributed by atoms with E-state index in [9.17, 15) is 15.0 Å². The van der Waals surface area contributed by atoms with Crippen LogP contribution in [0.5, 0.6) is 11.5 Å². The molecule has 1 aromatic carbocycles. The van der Waals surface area contributed by atoms with E-state index in [0.717, 1.165) is 5.56 Å². The molecule has 2 rings (SSSR count). The first-order chi connectivity index (χ1) is 7.97. The minimum Gasteiger partial charge on any atom is -0.504 e. The first-order valence-electron chi connectivity index (χ1n) is 5.11. The molecule has 2 N–H and O–H groups in total. The highest BCUT2D eigenvalue weighted by Crippen LogP contribution is 2.31. The Bertz CT molecular complexity index is 616. The van der Waals surface area contributed by atoms with Crippen molar-refractivity contribution in [3.63, 3.8) is 0 Å². The minimum absolute atomic E-state index is 0.230. The van der Waals surface area contributed by atoms with Crippen LogP contribution < -0.4 is 5.63 Å². The number of aromatic hydroxyl groups is 2. The molecule has 2 aromatic rings. The quantitative estimate of drug-likeness (QED) is 0.605. The monoisotopic (exact) mass is 235 g/mol. The third-order valence-corrected chi connectivity index (χ3v) is 2.41. The van der Waals surface area contributed by atoms with Gasteiger partial charge in [-0.15, -0.1) is 0 Å². The fraction of sp³-hybridized carbons (Fsp3) is 0.250. The molecule has 90 valence electrons. The molecule has 17 heavy (non-hydrogen) atoms. The van der Waals surface area contributed by atoms with Crippen molar-refractivity contribution >= 4 is 11.0 Å². The van der Waals surface area contributed by atoms with E-state index in [-0.39, 0.29) is 17.1 Å². The molecule has 0 aliphatic carbocycles. The Hall–Kier alpha value is -2.01. The van der Waals surface area contributed by atoms with E-state index < -0.39 is 5.63 Å². The van der Waals surface area contributed by atoms with Crippen LogP contribution >= 0.6 is 0 Å². The summed E-state index contributed by atoms with van der Waals surface area (Å²) in [5, 5.41) is 19.4. The molecule has 1 aromatic heterocycles. The van der Waals surface area contributed by atoms with Crippen molar-refractivity contribution in [2.24, 2.45) is 0 Å². The second-order valence-electron chi connectivity index (χ2n) is 4.17. The van der Waals surface area contributed by atoms with Gasteiger partial charge in [-0.2, -0.15) is 0 Å². The lowest BCUT2D eigenvalue weighted by molar-refractivity contribution is 0.398. The lowest BCUT2D eigenvalue weighted by atomic mass is 10.1. The zero-order valence-corrected chi connectivity index (χ0v) is 9.60. The van der Waals surface area contributed by atoms with Gasteiger partial charge >= 0.3 is 5.63 Å². The average Bonchev–Trinajstić information content (AvgIpc) is 2.20. The Morgan fingerprint density at radius 3 is 2.47 bits per heavy atom. The number of fused-ring (bicyclic) bond motifs is 1. The topological polar surface area (TPSA) is 73.9 Å². The summed E-state index contributed by atoms with van der Waals surface area (Å²) < 4.78 is 4.97. The number of nitrogens with zero attached hydrogens (tertiary/aromatic N) is 1. The summed E-state index contributed by atoms with van der Waals surface area (Å²) in [6.07, 6.45) is 0. The smallest absolute Gasteiger partial charge is 0.336 e. The normalized spacial score (nSPS) is 11.2. The summed E-state index contributed by atoms with van der Waals surface area (Å²) in [7, 11) is 3.75. The summed E-state index contributed by atoms with van der Waals surface area (Å²) in [4.78, 5) is 13.3. The summed E-state index contributed by atoms with van der Waals surface area (Å²) in [5.74, 6) is -0.533. The molecule has 0 fully saturated rings. The maximum absolute atomic E-state index is 11.4. The number of benzene rings is 1. The Labute approximate surface area is 97.5 Å². The van der Waals surface area contributed by atoms with E-state index in [0.29, 0.717) is 11.9 Å². The number of phenolic OH excluding ortho intramolecular Hbond substituents is 2. The third-order valence-electron chi connectivity index (χ3n) is 2.41. The number of phenols is 2. The number of rotatable bonds is 2. The standard InChI is InChI=1S/C12H13NO4/c1-13(2)6-7-3-12(16)17-11-5-10(15)9(14)4-8(7)11/h3-5,14-15H,6H2,1-2H3. The van der Waals surface area contributed by atoms with E-state index in [1.165, 1.54) is 18.2 Å². The van der Waals surface area contributed by atoms with Gasteiger partial charge in [0, 0.05) is 24.1 Å². The molecule has 0 amide bonds. The van der Waals surface area contributed by atoms with Gasteiger partial charge in [-0.25, -0.2) is 4.79 Å². The van der Waals surface area contributed by atoms with E-state index >= 15 is 0 Å². The lowest BCUT2D eigenvalue weighted by Gasteiger charge is -2.11. The predicted octanol–water partition coefficient (Wildman–Crippen LogP) is 1.27. The summed E-state index contributed by atoms with van der Waals surface area (Å²) >= 11 is 0. The van der Waals surface area contributed by atoms with Crippen LogP contribution in [0.25, 0.3) is 11.0 Å². The van der Waals surface area contributed by atoms with Crippen LogP contribution in [0.3, 0.4) is 0 Å². The molecule has 0 radical (unpaired) electrons. The van der Waals surface area contributed by atoms with Gasteiger partial charge in [0.05, 0.1) is 0 Å². The predicted molar refractivity (Wildman–Crippen MR) is 63.2 cm³/mol. The number of hydrogen-bond acceptors (Lipinski definition) is 5. The zero-order chi connectivity index (χ0) is 12.6. The van der Waals surface area contributed by atoms with Crippen molar-refractivity contribution in [2.75, 3.05) is 14.1 Å². The first-order valence-corrected chi connectivity index (χ1v) is 5.11. The van der Waals surface area contributed by atoms with Gasteiger partial charge < -0.3 is 19.5 Å². The molecular formula is C12H13NO4. The van der Waals surface area contributed by atoms with Crippen LogP contribution in [0, 0.1) is 0 Å². The molecule has 5 heteroatoms. The van der Waals surface area contributed by atoms with Crippen LogP contribution in [0.4, 0.5) is 0 Å². The van der Waals surface area contributed by atoms with Gasteiger partial charge in [0.2, 0.25) is 0 Å². The third kappa shape index (κ3) is 2.24. The molecule has 1 heterocycles. The Morgan fingerprint density at radius 2 is 1.82 bits per heavy atom. The van der Waals surface area contributed by atoms with Crippen LogP contribution in [-0.2, 0) is 6.54 Å². The van der Waals surface area contributed by atoms with Gasteiger partial charge in [-0.3, -0.25) is 0 Å². The molecule has 0 aliphatic rings. The number of hydrogen-bond donors (Lipinski definition) is 2. The molecule has 5 nitrogen and oxygen atoms in total. The molecular weight excluding hydrogens is 222 g/mol. The zero-order valence-electron chi connectivity index (χ0n) is 9.60. The van der Waals surface area contributed by atoms with Crippen molar-refractivity contribution in [2.45, 2.75) is 6.54 Å².